The zero-order chi connectivity index (χ0) is 14.8. The number of fused-ring (bicyclic) bond motifs is 3. The minimum Gasteiger partial charge on any atom is -0.353 e. The summed E-state index contributed by atoms with van der Waals surface area (Å²) in [5.41, 5.74) is 4.85. The van der Waals surface area contributed by atoms with Gasteiger partial charge in [-0.05, 0) is 58.5 Å². The number of rotatable bonds is 5. The van der Waals surface area contributed by atoms with Crippen LogP contribution in [0.3, 0.4) is 0 Å². The van der Waals surface area contributed by atoms with Crippen molar-refractivity contribution in [2.24, 2.45) is 0 Å². The van der Waals surface area contributed by atoms with E-state index in [1.165, 1.54) is 40.2 Å². The minimum absolute atomic E-state index is 0. The Morgan fingerprint density at radius 1 is 1.14 bits per heavy atom. The van der Waals surface area contributed by atoms with Crippen LogP contribution in [0.2, 0.25) is 0 Å². The van der Waals surface area contributed by atoms with Gasteiger partial charge in [-0.25, -0.2) is 0 Å². The van der Waals surface area contributed by atoms with E-state index in [2.05, 4.69) is 66.3 Å². The van der Waals surface area contributed by atoms with Crippen LogP contribution in [0, 0.1) is 6.92 Å². The van der Waals surface area contributed by atoms with E-state index in [-0.39, 0.29) is 12.4 Å². The van der Waals surface area contributed by atoms with Crippen LogP contribution < -0.4 is 0 Å². The second kappa shape index (κ2) is 7.12. The van der Waals surface area contributed by atoms with Gasteiger partial charge < -0.3 is 9.88 Å². The molecule has 3 rings (SSSR count). The minimum atomic E-state index is 0. The lowest BCUT2D eigenvalue weighted by atomic mass is 10.0. The lowest BCUT2D eigenvalue weighted by Gasteiger charge is -2.09. The highest BCUT2D eigenvalue weighted by atomic mass is 35.5. The first kappa shape index (κ1) is 16.8. The molecule has 0 aliphatic rings. The number of nitrogens with zero attached hydrogens (tertiary/aromatic N) is 2. The summed E-state index contributed by atoms with van der Waals surface area (Å²) >= 11 is 0. The van der Waals surface area contributed by atoms with Crippen LogP contribution in [0.25, 0.3) is 21.8 Å². The fraction of sp³-hybridized carbons (Fsp3) is 0.389. The van der Waals surface area contributed by atoms with Gasteiger partial charge in [-0.2, -0.15) is 0 Å². The van der Waals surface area contributed by atoms with Crippen LogP contribution in [0.4, 0.5) is 0 Å². The molecule has 0 atom stereocenters. The smallest absolute Gasteiger partial charge is 0.0683 e. The first-order valence-electron chi connectivity index (χ1n) is 7.66. The molecule has 2 aromatic heterocycles. The number of benzene rings is 1. The molecular weight excluding hydrogens is 294 g/mol. The average Bonchev–Trinajstić information content (AvgIpc) is 2.86. The van der Waals surface area contributed by atoms with E-state index in [0.717, 1.165) is 18.7 Å². The summed E-state index contributed by atoms with van der Waals surface area (Å²) < 4.78 is 0. The summed E-state index contributed by atoms with van der Waals surface area (Å²) in [6, 6.07) is 8.54. The van der Waals surface area contributed by atoms with E-state index in [4.69, 9.17) is 0 Å². The molecule has 2 heterocycles. The second-order valence-electron chi connectivity index (χ2n) is 6.05. The average molecular weight is 318 g/mol. The number of unbranched alkanes of at least 4 members (excludes halogenated alkanes) is 1. The zero-order valence-corrected chi connectivity index (χ0v) is 14.3. The molecular formula is C18H24ClN3. The van der Waals surface area contributed by atoms with Gasteiger partial charge in [0.2, 0.25) is 0 Å². The lowest BCUT2D eigenvalue weighted by Crippen LogP contribution is -2.12. The Labute approximate surface area is 138 Å². The van der Waals surface area contributed by atoms with Crippen molar-refractivity contribution >= 4 is 34.2 Å². The first-order valence-corrected chi connectivity index (χ1v) is 7.66. The molecule has 3 nitrogen and oxygen atoms in total. The molecule has 3 aromatic rings. The Kier molecular flexibility index (Phi) is 5.43. The summed E-state index contributed by atoms with van der Waals surface area (Å²) in [6.07, 6.45) is 5.59. The molecule has 22 heavy (non-hydrogen) atoms. The number of hydrogen-bond donors (Lipinski definition) is 1. The van der Waals surface area contributed by atoms with Crippen molar-refractivity contribution in [1.82, 2.24) is 14.9 Å². The van der Waals surface area contributed by atoms with Gasteiger partial charge in [0.05, 0.1) is 11.2 Å². The van der Waals surface area contributed by atoms with Crippen molar-refractivity contribution in [3.63, 3.8) is 0 Å². The number of hydrogen-bond acceptors (Lipinski definition) is 2. The van der Waals surface area contributed by atoms with Gasteiger partial charge in [0, 0.05) is 22.5 Å². The SMILES string of the molecule is Cc1ncc(CCCCN(C)C)c2c1[nH]c1ccccc12.Cl. The van der Waals surface area contributed by atoms with E-state index in [1.54, 1.807) is 0 Å². The summed E-state index contributed by atoms with van der Waals surface area (Å²) in [7, 11) is 4.26. The van der Waals surface area contributed by atoms with Gasteiger partial charge in [-0.15, -0.1) is 12.4 Å². The topological polar surface area (TPSA) is 31.9 Å². The van der Waals surface area contributed by atoms with Gasteiger partial charge in [0.1, 0.15) is 0 Å². The molecule has 4 heteroatoms. The molecule has 1 aromatic carbocycles. The molecule has 0 amide bonds. The fourth-order valence-electron chi connectivity index (χ4n) is 2.98. The number of halogens is 1. The van der Waals surface area contributed by atoms with Crippen molar-refractivity contribution in [3.8, 4) is 0 Å². The second-order valence-corrected chi connectivity index (χ2v) is 6.05. The van der Waals surface area contributed by atoms with Gasteiger partial charge in [-0.1, -0.05) is 18.2 Å². The molecule has 0 aliphatic heterocycles. The Hall–Kier alpha value is -1.58. The number of H-pyrrole nitrogens is 1. The van der Waals surface area contributed by atoms with Gasteiger partial charge in [-0.3, -0.25) is 4.98 Å². The predicted octanol–water partition coefficient (Wildman–Crippen LogP) is 4.33. The Bertz CT molecular complexity index is 761. The Balaban J connectivity index is 0.00000176. The third-order valence-electron chi connectivity index (χ3n) is 4.10. The van der Waals surface area contributed by atoms with Crippen LogP contribution >= 0.6 is 12.4 Å². The van der Waals surface area contributed by atoms with Crippen LogP contribution in [-0.2, 0) is 6.42 Å². The van der Waals surface area contributed by atoms with Gasteiger partial charge >= 0.3 is 0 Å². The van der Waals surface area contributed by atoms with Crippen molar-refractivity contribution in [1.29, 1.82) is 0 Å². The first-order chi connectivity index (χ1) is 10.2. The molecule has 0 bridgehead atoms. The third-order valence-corrected chi connectivity index (χ3v) is 4.10. The lowest BCUT2D eigenvalue weighted by molar-refractivity contribution is 0.394. The summed E-state index contributed by atoms with van der Waals surface area (Å²) in [5.74, 6) is 0. The van der Waals surface area contributed by atoms with E-state index >= 15 is 0 Å². The van der Waals surface area contributed by atoms with Gasteiger partial charge in [0.25, 0.3) is 0 Å². The molecule has 0 spiro atoms. The van der Waals surface area contributed by atoms with Gasteiger partial charge in [0.15, 0.2) is 0 Å². The zero-order valence-electron chi connectivity index (χ0n) is 13.5. The maximum Gasteiger partial charge on any atom is 0.0683 e. The predicted molar refractivity (Wildman–Crippen MR) is 97.1 cm³/mol. The van der Waals surface area contributed by atoms with Crippen molar-refractivity contribution in [2.45, 2.75) is 26.2 Å². The van der Waals surface area contributed by atoms with Crippen molar-refractivity contribution in [3.05, 3.63) is 41.7 Å². The summed E-state index contributed by atoms with van der Waals surface area (Å²) in [5, 5.41) is 2.68. The number of aromatic nitrogens is 2. The van der Waals surface area contributed by atoms with E-state index in [0.29, 0.717) is 0 Å². The summed E-state index contributed by atoms with van der Waals surface area (Å²) in [6.45, 7) is 3.23. The molecule has 1 N–H and O–H groups in total. The Morgan fingerprint density at radius 2 is 1.91 bits per heavy atom. The van der Waals surface area contributed by atoms with Crippen molar-refractivity contribution in [2.75, 3.05) is 20.6 Å². The van der Waals surface area contributed by atoms with E-state index in [1.807, 2.05) is 0 Å². The van der Waals surface area contributed by atoms with Crippen LogP contribution in [0.15, 0.2) is 30.5 Å². The highest BCUT2D eigenvalue weighted by Gasteiger charge is 2.11. The van der Waals surface area contributed by atoms with Crippen LogP contribution in [0.1, 0.15) is 24.1 Å². The molecule has 0 aliphatic carbocycles. The fourth-order valence-corrected chi connectivity index (χ4v) is 2.98. The normalized spacial score (nSPS) is 11.3. The maximum atomic E-state index is 4.57. The van der Waals surface area contributed by atoms with E-state index < -0.39 is 0 Å². The highest BCUT2D eigenvalue weighted by Crippen LogP contribution is 2.30. The number of aromatic amines is 1. The van der Waals surface area contributed by atoms with E-state index in [9.17, 15) is 0 Å². The van der Waals surface area contributed by atoms with Crippen molar-refractivity contribution < 1.29 is 0 Å². The molecule has 0 unspecified atom stereocenters. The standard InChI is InChI=1S/C18H23N3.ClH/c1-13-18-17(15-9-4-5-10-16(15)20-18)14(12-19-13)8-6-7-11-21(2)3;/h4-5,9-10,12,20H,6-8,11H2,1-3H3;1H. The molecule has 118 valence electrons. The molecule has 0 fully saturated rings. The number of nitrogens with one attached hydrogen (secondary N) is 1. The number of pyridine rings is 1. The summed E-state index contributed by atoms with van der Waals surface area (Å²) in [4.78, 5) is 10.3. The maximum absolute atomic E-state index is 4.57. The van der Waals surface area contributed by atoms with Crippen LogP contribution in [0.5, 0.6) is 0 Å². The third kappa shape index (κ3) is 3.26. The largest absolute Gasteiger partial charge is 0.353 e. The highest BCUT2D eigenvalue weighted by molar-refractivity contribution is 6.09. The monoisotopic (exact) mass is 317 g/mol. The Morgan fingerprint density at radius 3 is 2.68 bits per heavy atom. The molecule has 0 radical (unpaired) electrons. The van der Waals surface area contributed by atoms with Crippen LogP contribution in [-0.4, -0.2) is 35.5 Å². The number of para-hydroxylation sites is 1. The quantitative estimate of drug-likeness (QED) is 0.710. The molecule has 0 saturated carbocycles. The number of aryl methyl sites for hydroxylation is 2. The molecule has 0 saturated heterocycles.